The SMILES string of the molecule is COC(=O)[C@H](C)NP(=O)(OCC1OC(n2cc(/C=C/CCC(C)=C(C)F)c(=O)[nH]c2=O)CC1O)Oc1ccccc1. The number of nitrogens with one attached hydrogen (secondary N) is 2. The van der Waals surface area contributed by atoms with Crippen molar-refractivity contribution in [2.24, 2.45) is 0 Å². The second-order valence-electron chi connectivity index (χ2n) is 9.51. The average Bonchev–Trinajstić information content (AvgIpc) is 3.30. The molecule has 0 spiro atoms. The Morgan fingerprint density at radius 3 is 2.68 bits per heavy atom. The number of aliphatic hydroxyl groups excluding tert-OH is 1. The molecule has 1 aliphatic rings. The van der Waals surface area contributed by atoms with E-state index in [2.05, 4.69) is 14.8 Å². The highest BCUT2D eigenvalue weighted by molar-refractivity contribution is 7.52. The van der Waals surface area contributed by atoms with Gasteiger partial charge in [0.15, 0.2) is 0 Å². The van der Waals surface area contributed by atoms with Crippen LogP contribution in [0, 0.1) is 0 Å². The summed E-state index contributed by atoms with van der Waals surface area (Å²) < 4.78 is 49.5. The topological polar surface area (TPSA) is 158 Å². The number of aromatic amines is 1. The number of hydrogen-bond donors (Lipinski definition) is 3. The number of carbonyl (C=O) groups excluding carboxylic acids is 1. The highest BCUT2D eigenvalue weighted by atomic mass is 31.2. The molecule has 3 rings (SSSR count). The summed E-state index contributed by atoms with van der Waals surface area (Å²) in [5.74, 6) is -0.747. The second-order valence-corrected chi connectivity index (χ2v) is 11.2. The van der Waals surface area contributed by atoms with Gasteiger partial charge in [-0.15, -0.1) is 0 Å². The van der Waals surface area contributed by atoms with Gasteiger partial charge in [0.05, 0.1) is 31.2 Å². The number of allylic oxidation sites excluding steroid dienone is 3. The minimum absolute atomic E-state index is 0.0290. The van der Waals surface area contributed by atoms with Gasteiger partial charge < -0.3 is 19.1 Å². The van der Waals surface area contributed by atoms with Gasteiger partial charge in [-0.3, -0.25) is 23.7 Å². The van der Waals surface area contributed by atoms with Gasteiger partial charge in [-0.25, -0.2) is 13.8 Å². The number of carbonyl (C=O) groups is 1. The normalized spacial score (nSPS) is 21.8. The molecule has 0 saturated carbocycles. The Balaban J connectivity index is 1.72. The molecule has 14 heteroatoms. The lowest BCUT2D eigenvalue weighted by Crippen LogP contribution is -2.36. The summed E-state index contributed by atoms with van der Waals surface area (Å²) in [7, 11) is -3.00. The maximum Gasteiger partial charge on any atom is 0.459 e. The quantitative estimate of drug-likeness (QED) is 0.231. The van der Waals surface area contributed by atoms with E-state index in [0.717, 1.165) is 4.57 Å². The molecule has 2 heterocycles. The fraction of sp³-hybridized carbons (Fsp3) is 0.444. The largest absolute Gasteiger partial charge is 0.468 e. The first-order valence-corrected chi connectivity index (χ1v) is 14.5. The first kappa shape index (κ1) is 32.2. The summed E-state index contributed by atoms with van der Waals surface area (Å²) in [5.41, 5.74) is -0.587. The Bertz CT molecular complexity index is 1420. The van der Waals surface area contributed by atoms with Gasteiger partial charge in [-0.1, -0.05) is 30.4 Å². The number of aromatic nitrogens is 2. The molecule has 5 atom stereocenters. The average molecular weight is 596 g/mol. The molecule has 224 valence electrons. The minimum Gasteiger partial charge on any atom is -0.468 e. The summed E-state index contributed by atoms with van der Waals surface area (Å²) in [5, 5.41) is 13.1. The Hall–Kier alpha value is -3.35. The molecule has 0 bridgehead atoms. The van der Waals surface area contributed by atoms with E-state index in [4.69, 9.17) is 13.8 Å². The third-order valence-corrected chi connectivity index (χ3v) is 8.01. The summed E-state index contributed by atoms with van der Waals surface area (Å²) in [6, 6.07) is 7.10. The molecule has 1 aromatic carbocycles. The third kappa shape index (κ3) is 9.07. The number of halogens is 1. The van der Waals surface area contributed by atoms with Crippen LogP contribution in [-0.4, -0.2) is 52.6 Å². The van der Waals surface area contributed by atoms with Gasteiger partial charge in [0, 0.05) is 12.6 Å². The molecule has 4 unspecified atom stereocenters. The molecule has 0 amide bonds. The van der Waals surface area contributed by atoms with E-state index in [-0.39, 0.29) is 23.6 Å². The molecule has 1 fully saturated rings. The number of rotatable bonds is 13. The van der Waals surface area contributed by atoms with E-state index in [1.54, 1.807) is 43.3 Å². The van der Waals surface area contributed by atoms with E-state index in [1.165, 1.54) is 33.2 Å². The van der Waals surface area contributed by atoms with Crippen molar-refractivity contribution in [3.8, 4) is 5.75 Å². The van der Waals surface area contributed by atoms with E-state index in [1.807, 2.05) is 0 Å². The lowest BCUT2D eigenvalue weighted by molar-refractivity contribution is -0.142. The molecule has 1 saturated heterocycles. The Morgan fingerprint density at radius 1 is 1.32 bits per heavy atom. The maximum atomic E-state index is 13.5. The second kappa shape index (κ2) is 14.5. The Morgan fingerprint density at radius 2 is 2.02 bits per heavy atom. The highest BCUT2D eigenvalue weighted by Crippen LogP contribution is 2.45. The van der Waals surface area contributed by atoms with Crippen LogP contribution in [-0.2, 0) is 23.4 Å². The van der Waals surface area contributed by atoms with Crippen LogP contribution < -0.4 is 20.9 Å². The van der Waals surface area contributed by atoms with Crippen LogP contribution in [0.4, 0.5) is 4.39 Å². The minimum atomic E-state index is -4.18. The van der Waals surface area contributed by atoms with Crippen molar-refractivity contribution in [1.82, 2.24) is 14.6 Å². The zero-order valence-electron chi connectivity index (χ0n) is 23.2. The van der Waals surface area contributed by atoms with Gasteiger partial charge in [-0.05, 0) is 51.3 Å². The van der Waals surface area contributed by atoms with E-state index < -0.39 is 56.0 Å². The molecule has 12 nitrogen and oxygen atoms in total. The molecule has 1 aliphatic heterocycles. The number of hydrogen-bond acceptors (Lipinski definition) is 9. The van der Waals surface area contributed by atoms with Crippen LogP contribution in [0.25, 0.3) is 6.08 Å². The number of nitrogens with zero attached hydrogens (tertiary/aromatic N) is 1. The smallest absolute Gasteiger partial charge is 0.459 e. The molecular formula is C27H35FN3O9P. The van der Waals surface area contributed by atoms with Gasteiger partial charge in [0.1, 0.15) is 24.1 Å². The fourth-order valence-corrected chi connectivity index (χ4v) is 5.40. The zero-order valence-corrected chi connectivity index (χ0v) is 24.1. The number of H-pyrrole nitrogens is 1. The van der Waals surface area contributed by atoms with Crippen LogP contribution in [0.2, 0.25) is 0 Å². The predicted molar refractivity (Wildman–Crippen MR) is 149 cm³/mol. The van der Waals surface area contributed by atoms with Crippen LogP contribution in [0.15, 0.2) is 63.6 Å². The first-order valence-electron chi connectivity index (χ1n) is 12.9. The van der Waals surface area contributed by atoms with Crippen molar-refractivity contribution in [3.63, 3.8) is 0 Å². The van der Waals surface area contributed by atoms with Crippen LogP contribution in [0.1, 0.15) is 51.8 Å². The number of para-hydroxylation sites is 1. The molecular weight excluding hydrogens is 560 g/mol. The van der Waals surface area contributed by atoms with Gasteiger partial charge in [0.2, 0.25) is 0 Å². The first-order chi connectivity index (χ1) is 19.4. The highest BCUT2D eigenvalue weighted by Gasteiger charge is 2.39. The maximum absolute atomic E-state index is 13.5. The number of esters is 1. The number of methoxy groups -OCH3 is 1. The van der Waals surface area contributed by atoms with E-state index in [9.17, 15) is 28.4 Å². The summed E-state index contributed by atoms with van der Waals surface area (Å²) >= 11 is 0. The number of benzene rings is 1. The summed E-state index contributed by atoms with van der Waals surface area (Å²) in [6.07, 6.45) is 2.33. The molecule has 0 radical (unpaired) electrons. The van der Waals surface area contributed by atoms with E-state index in [0.29, 0.717) is 18.4 Å². The summed E-state index contributed by atoms with van der Waals surface area (Å²) in [6.45, 7) is 4.06. The Kier molecular flexibility index (Phi) is 11.4. The Labute approximate surface area is 236 Å². The van der Waals surface area contributed by atoms with Crippen LogP contribution in [0.3, 0.4) is 0 Å². The lowest BCUT2D eigenvalue weighted by Gasteiger charge is -2.24. The van der Waals surface area contributed by atoms with Crippen molar-refractivity contribution < 1.29 is 37.4 Å². The van der Waals surface area contributed by atoms with Crippen molar-refractivity contribution in [1.29, 1.82) is 0 Å². The predicted octanol–water partition coefficient (Wildman–Crippen LogP) is 3.60. The van der Waals surface area contributed by atoms with Crippen molar-refractivity contribution in [2.75, 3.05) is 13.7 Å². The van der Waals surface area contributed by atoms with Crippen molar-refractivity contribution >= 4 is 19.8 Å². The number of aliphatic hydroxyl groups is 1. The van der Waals surface area contributed by atoms with Crippen molar-refractivity contribution in [2.45, 2.75) is 64.5 Å². The molecule has 2 aromatic rings. The van der Waals surface area contributed by atoms with Crippen LogP contribution >= 0.6 is 7.75 Å². The fourth-order valence-electron chi connectivity index (χ4n) is 3.90. The lowest BCUT2D eigenvalue weighted by atomic mass is 10.1. The third-order valence-electron chi connectivity index (χ3n) is 6.37. The summed E-state index contributed by atoms with van der Waals surface area (Å²) in [4.78, 5) is 39.0. The molecule has 3 N–H and O–H groups in total. The number of ether oxygens (including phenoxy) is 2. The molecule has 41 heavy (non-hydrogen) atoms. The van der Waals surface area contributed by atoms with Crippen molar-refractivity contribution in [3.05, 3.63) is 80.4 Å². The van der Waals surface area contributed by atoms with Gasteiger partial charge >= 0.3 is 19.4 Å². The van der Waals surface area contributed by atoms with Gasteiger partial charge in [0.25, 0.3) is 5.56 Å². The van der Waals surface area contributed by atoms with Crippen LogP contribution in [0.5, 0.6) is 5.75 Å². The standard InChI is InChI=1S/C27H35FN3O9P/c1-17(18(2)28)10-8-9-11-20-15-31(27(35)29-25(20)33)24-14-22(32)23(39-24)16-38-41(36,30-19(3)26(34)37-4)40-21-12-6-5-7-13-21/h5-7,9,11-13,15,19,22-24,32H,8,10,14,16H2,1-4H3,(H,30,36)(H,29,33,35)/b11-9+,18-17?/t19-,22?,23?,24?,41?/m0/s1. The van der Waals surface area contributed by atoms with Gasteiger partial charge in [-0.2, -0.15) is 5.09 Å². The monoisotopic (exact) mass is 595 g/mol. The molecule has 0 aliphatic carbocycles. The van der Waals surface area contributed by atoms with E-state index >= 15 is 0 Å². The zero-order chi connectivity index (χ0) is 30.2. The molecule has 1 aromatic heterocycles.